The van der Waals surface area contributed by atoms with E-state index in [-0.39, 0.29) is 5.92 Å². The first-order valence-electron chi connectivity index (χ1n) is 12.9. The first-order valence-corrected chi connectivity index (χ1v) is 12.9. The Morgan fingerprint density at radius 3 is 2.56 bits per heavy atom. The van der Waals surface area contributed by atoms with Gasteiger partial charge in [0, 0.05) is 69.4 Å². The van der Waals surface area contributed by atoms with Gasteiger partial charge < -0.3 is 20.0 Å². The van der Waals surface area contributed by atoms with E-state index in [0.29, 0.717) is 11.8 Å². The number of carbonyl (C=O) groups excluding carboxylic acids is 1. The summed E-state index contributed by atoms with van der Waals surface area (Å²) in [5.74, 6) is 4.40. The van der Waals surface area contributed by atoms with Crippen LogP contribution in [0.3, 0.4) is 0 Å². The highest BCUT2D eigenvalue weighted by Crippen LogP contribution is 2.29. The second kappa shape index (κ2) is 10.3. The van der Waals surface area contributed by atoms with Gasteiger partial charge in [-0.15, -0.1) is 0 Å². The Balaban J connectivity index is 1.29. The molecule has 1 aliphatic carbocycles. The molecule has 3 aliphatic rings. The summed E-state index contributed by atoms with van der Waals surface area (Å²) in [6.45, 7) is 7.67. The van der Waals surface area contributed by atoms with Crippen LogP contribution < -0.4 is 10.2 Å². The number of aryl methyl sites for hydroxylation is 1. The van der Waals surface area contributed by atoms with Gasteiger partial charge in [0.1, 0.15) is 17.5 Å². The second-order valence-corrected chi connectivity index (χ2v) is 10.4. The molecule has 4 heterocycles. The Morgan fingerprint density at radius 1 is 1.03 bits per heavy atom. The van der Waals surface area contributed by atoms with E-state index >= 15 is 0 Å². The molecule has 9 nitrogen and oxygen atoms in total. The summed E-state index contributed by atoms with van der Waals surface area (Å²) >= 11 is 0. The number of amides is 1. The van der Waals surface area contributed by atoms with Crippen LogP contribution in [0.4, 0.5) is 17.5 Å². The van der Waals surface area contributed by atoms with Crippen LogP contribution in [-0.4, -0.2) is 82.2 Å². The number of piperazine rings is 1. The van der Waals surface area contributed by atoms with E-state index in [4.69, 9.17) is 9.97 Å². The number of nitrogens with one attached hydrogen (secondary N) is 2. The van der Waals surface area contributed by atoms with E-state index in [2.05, 4.69) is 37.3 Å². The summed E-state index contributed by atoms with van der Waals surface area (Å²) in [5, 5.41) is 10.6. The Hall–Kier alpha value is -2.68. The number of H-pyrrole nitrogens is 1. The predicted octanol–water partition coefficient (Wildman–Crippen LogP) is 2.97. The average Bonchev–Trinajstić information content (AvgIpc) is 3.48. The summed E-state index contributed by atoms with van der Waals surface area (Å²) in [5.41, 5.74) is 1.00. The number of aromatic nitrogens is 4. The van der Waals surface area contributed by atoms with Crippen LogP contribution in [0.5, 0.6) is 0 Å². The van der Waals surface area contributed by atoms with E-state index in [1.807, 2.05) is 19.1 Å². The van der Waals surface area contributed by atoms with Crippen molar-refractivity contribution in [1.82, 2.24) is 30.0 Å². The molecule has 2 aromatic rings. The quantitative estimate of drug-likeness (QED) is 0.676. The zero-order valence-electron chi connectivity index (χ0n) is 20.6. The molecule has 0 radical (unpaired) electrons. The van der Waals surface area contributed by atoms with Crippen molar-refractivity contribution in [3.05, 3.63) is 23.7 Å². The van der Waals surface area contributed by atoms with E-state index < -0.39 is 0 Å². The molecule has 34 heavy (non-hydrogen) atoms. The van der Waals surface area contributed by atoms with Crippen LogP contribution in [0.1, 0.15) is 50.0 Å². The van der Waals surface area contributed by atoms with Gasteiger partial charge in [0.15, 0.2) is 5.82 Å². The van der Waals surface area contributed by atoms with Crippen molar-refractivity contribution in [3.8, 4) is 0 Å². The number of hydrogen-bond acceptors (Lipinski definition) is 7. The maximum Gasteiger partial charge on any atom is 0.225 e. The fourth-order valence-corrected chi connectivity index (χ4v) is 5.51. The third-order valence-electron chi connectivity index (χ3n) is 7.57. The molecule has 2 saturated heterocycles. The molecule has 2 aliphatic heterocycles. The van der Waals surface area contributed by atoms with Gasteiger partial charge in [-0.25, -0.2) is 9.97 Å². The largest absolute Gasteiger partial charge is 0.354 e. The van der Waals surface area contributed by atoms with E-state index in [0.717, 1.165) is 93.9 Å². The smallest absolute Gasteiger partial charge is 0.225 e. The van der Waals surface area contributed by atoms with Gasteiger partial charge in [-0.2, -0.15) is 5.10 Å². The van der Waals surface area contributed by atoms with Crippen LogP contribution in [-0.2, 0) is 11.2 Å². The van der Waals surface area contributed by atoms with Crippen LogP contribution in [0.15, 0.2) is 12.1 Å². The summed E-state index contributed by atoms with van der Waals surface area (Å²) in [7, 11) is 2.16. The topological polar surface area (TPSA) is 93.3 Å². The lowest BCUT2D eigenvalue weighted by Gasteiger charge is -2.33. The Bertz CT molecular complexity index is 977. The van der Waals surface area contributed by atoms with Gasteiger partial charge in [0.2, 0.25) is 5.91 Å². The number of likely N-dealkylation sites (N-methyl/N-ethyl adjacent to an activating group) is 1. The van der Waals surface area contributed by atoms with Gasteiger partial charge in [0.25, 0.3) is 0 Å². The zero-order chi connectivity index (χ0) is 23.5. The summed E-state index contributed by atoms with van der Waals surface area (Å²) in [6, 6.07) is 4.01. The molecule has 2 N–H and O–H groups in total. The number of rotatable bonds is 6. The van der Waals surface area contributed by atoms with Gasteiger partial charge in [-0.05, 0) is 39.2 Å². The molecule has 0 aromatic carbocycles. The van der Waals surface area contributed by atoms with E-state index in [9.17, 15) is 4.79 Å². The maximum atomic E-state index is 13.0. The van der Waals surface area contributed by atoms with Crippen molar-refractivity contribution in [1.29, 1.82) is 0 Å². The van der Waals surface area contributed by atoms with Crippen LogP contribution in [0, 0.1) is 18.8 Å². The SMILES string of the molecule is Cc1cc(Nc2cc(N3CCN(C)CC3)nc(C[C@H]3CCN(C(=O)C4CCCCC4)C3)n2)n[nH]1. The molecule has 3 fully saturated rings. The Labute approximate surface area is 202 Å². The molecule has 184 valence electrons. The first kappa shape index (κ1) is 23.1. The third kappa shape index (κ3) is 5.51. The summed E-state index contributed by atoms with van der Waals surface area (Å²) in [4.78, 5) is 29.6. The van der Waals surface area contributed by atoms with Crippen LogP contribution in [0.2, 0.25) is 0 Å². The molecule has 9 heteroatoms. The fraction of sp³-hybridized carbons (Fsp3) is 0.680. The summed E-state index contributed by atoms with van der Waals surface area (Å²) in [6.07, 6.45) is 7.64. The van der Waals surface area contributed by atoms with Gasteiger partial charge in [-0.3, -0.25) is 9.89 Å². The van der Waals surface area contributed by atoms with Crippen LogP contribution >= 0.6 is 0 Å². The molecule has 5 rings (SSSR count). The number of nitrogens with zero attached hydrogens (tertiary/aromatic N) is 6. The zero-order valence-corrected chi connectivity index (χ0v) is 20.6. The molecule has 1 atom stereocenters. The molecule has 0 unspecified atom stereocenters. The molecular weight excluding hydrogens is 428 g/mol. The number of likely N-dealkylation sites (tertiary alicyclic amines) is 1. The highest BCUT2D eigenvalue weighted by Gasteiger charge is 2.32. The molecule has 0 spiro atoms. The fourth-order valence-electron chi connectivity index (χ4n) is 5.51. The van der Waals surface area contributed by atoms with Gasteiger partial charge in [0.05, 0.1) is 0 Å². The highest BCUT2D eigenvalue weighted by molar-refractivity contribution is 5.79. The monoisotopic (exact) mass is 466 g/mol. The van der Waals surface area contributed by atoms with Crippen molar-refractivity contribution in [2.45, 2.75) is 51.9 Å². The number of hydrogen-bond donors (Lipinski definition) is 2. The minimum Gasteiger partial charge on any atom is -0.354 e. The lowest BCUT2D eigenvalue weighted by atomic mass is 9.88. The van der Waals surface area contributed by atoms with E-state index in [1.165, 1.54) is 19.3 Å². The predicted molar refractivity (Wildman–Crippen MR) is 133 cm³/mol. The second-order valence-electron chi connectivity index (χ2n) is 10.4. The van der Waals surface area contributed by atoms with Crippen molar-refractivity contribution >= 4 is 23.4 Å². The number of anilines is 3. The van der Waals surface area contributed by atoms with Crippen molar-refractivity contribution < 1.29 is 4.79 Å². The minimum atomic E-state index is 0.248. The molecule has 1 amide bonds. The van der Waals surface area contributed by atoms with Crippen molar-refractivity contribution in [3.63, 3.8) is 0 Å². The maximum absolute atomic E-state index is 13.0. The standard InChI is InChI=1S/C25H38N8O/c1-18-14-23(30-29-18)27-22-16-24(32-12-10-31(2)11-13-32)28-21(26-22)15-19-8-9-33(17-19)25(34)20-6-4-3-5-7-20/h14,16,19-20H,3-13,15,17H2,1-2H3,(H2,26,27,28,29,30)/t19-/m1/s1. The molecule has 0 bridgehead atoms. The normalized spacial score (nSPS) is 22.4. The average molecular weight is 467 g/mol. The molecule has 1 saturated carbocycles. The van der Waals surface area contributed by atoms with Crippen LogP contribution in [0.25, 0.3) is 0 Å². The molecular formula is C25H38N8O. The van der Waals surface area contributed by atoms with Crippen molar-refractivity contribution in [2.24, 2.45) is 11.8 Å². The highest BCUT2D eigenvalue weighted by atomic mass is 16.2. The van der Waals surface area contributed by atoms with Crippen molar-refractivity contribution in [2.75, 3.05) is 56.5 Å². The van der Waals surface area contributed by atoms with Gasteiger partial charge in [-0.1, -0.05) is 19.3 Å². The van der Waals surface area contributed by atoms with E-state index in [1.54, 1.807) is 0 Å². The van der Waals surface area contributed by atoms with Gasteiger partial charge >= 0.3 is 0 Å². The lowest BCUT2D eigenvalue weighted by Crippen LogP contribution is -2.45. The third-order valence-corrected chi connectivity index (χ3v) is 7.57. The minimum absolute atomic E-state index is 0.248. The number of aromatic amines is 1. The Morgan fingerprint density at radius 2 is 1.82 bits per heavy atom. The molecule has 2 aromatic heterocycles. The first-order chi connectivity index (χ1) is 16.5. The summed E-state index contributed by atoms with van der Waals surface area (Å²) < 4.78 is 0. The Kier molecular flexibility index (Phi) is 6.99. The number of carbonyl (C=O) groups is 1. The lowest BCUT2D eigenvalue weighted by molar-refractivity contribution is -0.135.